The van der Waals surface area contributed by atoms with Gasteiger partial charge in [0.15, 0.2) is 5.78 Å². The molecular formula is C18H20ClN3O. The smallest absolute Gasteiger partial charge is 0.176 e. The Kier molecular flexibility index (Phi) is 4.84. The van der Waals surface area contributed by atoms with Crippen LogP contribution in [0.25, 0.3) is 0 Å². The highest BCUT2D eigenvalue weighted by atomic mass is 35.5. The Labute approximate surface area is 141 Å². The van der Waals surface area contributed by atoms with E-state index in [0.717, 1.165) is 36.9 Å². The fourth-order valence-corrected chi connectivity index (χ4v) is 3.06. The highest BCUT2D eigenvalue weighted by Gasteiger charge is 2.18. The van der Waals surface area contributed by atoms with E-state index in [2.05, 4.69) is 15.9 Å². The number of anilines is 2. The van der Waals surface area contributed by atoms with Gasteiger partial charge in [0, 0.05) is 48.1 Å². The van der Waals surface area contributed by atoms with E-state index in [-0.39, 0.29) is 12.3 Å². The van der Waals surface area contributed by atoms with Gasteiger partial charge in [-0.05, 0) is 42.5 Å². The molecule has 0 aromatic heterocycles. The van der Waals surface area contributed by atoms with Crippen molar-refractivity contribution >= 4 is 28.8 Å². The molecule has 1 aliphatic rings. The normalized spacial score (nSPS) is 14.9. The van der Waals surface area contributed by atoms with Crippen LogP contribution in [0.3, 0.4) is 0 Å². The zero-order valence-electron chi connectivity index (χ0n) is 12.9. The number of hydrogen-bond acceptors (Lipinski definition) is 4. The van der Waals surface area contributed by atoms with Gasteiger partial charge in [-0.3, -0.25) is 4.79 Å². The Hall–Kier alpha value is -2.04. The quantitative estimate of drug-likeness (QED) is 0.876. The number of nitrogens with two attached hydrogens (primary N) is 1. The van der Waals surface area contributed by atoms with E-state index >= 15 is 0 Å². The summed E-state index contributed by atoms with van der Waals surface area (Å²) >= 11 is 6.07. The first kappa shape index (κ1) is 15.8. The van der Waals surface area contributed by atoms with Gasteiger partial charge in [0.25, 0.3) is 0 Å². The lowest BCUT2D eigenvalue weighted by atomic mass is 10.1. The molecule has 3 rings (SSSR count). The third-order valence-corrected chi connectivity index (χ3v) is 4.43. The van der Waals surface area contributed by atoms with Gasteiger partial charge in [0.1, 0.15) is 0 Å². The van der Waals surface area contributed by atoms with Crippen molar-refractivity contribution in [1.82, 2.24) is 0 Å². The Bertz CT molecular complexity index is 679. The summed E-state index contributed by atoms with van der Waals surface area (Å²) < 4.78 is 0. The number of rotatable bonds is 4. The molecule has 120 valence electrons. The maximum absolute atomic E-state index is 11.6. The first-order valence-corrected chi connectivity index (χ1v) is 8.14. The number of halogens is 1. The molecule has 0 aliphatic carbocycles. The van der Waals surface area contributed by atoms with Gasteiger partial charge >= 0.3 is 0 Å². The van der Waals surface area contributed by atoms with Gasteiger partial charge < -0.3 is 15.5 Å². The molecule has 0 spiro atoms. The second kappa shape index (κ2) is 7.02. The topological polar surface area (TPSA) is 49.6 Å². The number of ketones is 1. The van der Waals surface area contributed by atoms with Crippen LogP contribution < -0.4 is 15.5 Å². The van der Waals surface area contributed by atoms with E-state index in [4.69, 9.17) is 17.3 Å². The van der Waals surface area contributed by atoms with E-state index in [1.54, 1.807) is 0 Å². The monoisotopic (exact) mass is 329 g/mol. The minimum atomic E-state index is -0.0256. The number of piperazine rings is 1. The minimum Gasteiger partial charge on any atom is -0.368 e. The van der Waals surface area contributed by atoms with Crippen LogP contribution in [0.2, 0.25) is 5.02 Å². The highest BCUT2D eigenvalue weighted by Crippen LogP contribution is 2.23. The second-order valence-electron chi connectivity index (χ2n) is 5.63. The Morgan fingerprint density at radius 1 is 0.957 bits per heavy atom. The fourth-order valence-electron chi connectivity index (χ4n) is 2.87. The molecule has 1 heterocycles. The van der Waals surface area contributed by atoms with Crippen molar-refractivity contribution in [2.24, 2.45) is 5.73 Å². The van der Waals surface area contributed by atoms with Crippen LogP contribution in [0.4, 0.5) is 11.4 Å². The van der Waals surface area contributed by atoms with Crippen molar-refractivity contribution in [3.05, 3.63) is 59.1 Å². The molecule has 5 heteroatoms. The Balaban J connectivity index is 1.63. The zero-order chi connectivity index (χ0) is 16.2. The molecule has 0 saturated carbocycles. The van der Waals surface area contributed by atoms with Gasteiger partial charge in [-0.1, -0.05) is 17.7 Å². The summed E-state index contributed by atoms with van der Waals surface area (Å²) in [5.74, 6) is -0.0256. The summed E-state index contributed by atoms with van der Waals surface area (Å²) in [6, 6.07) is 15.7. The third-order valence-electron chi connectivity index (χ3n) is 4.19. The van der Waals surface area contributed by atoms with Gasteiger partial charge in [0.05, 0.1) is 6.54 Å². The maximum Gasteiger partial charge on any atom is 0.176 e. The summed E-state index contributed by atoms with van der Waals surface area (Å²) in [6.07, 6.45) is 0. The van der Waals surface area contributed by atoms with Crippen LogP contribution in [-0.2, 0) is 0 Å². The summed E-state index contributed by atoms with van der Waals surface area (Å²) in [6.45, 7) is 3.83. The standard InChI is InChI=1S/C18H20ClN3O/c19-15-2-1-3-17(12-15)22-10-8-21(9-11-22)16-6-4-14(5-7-16)18(23)13-20/h1-7,12H,8-11,13,20H2. The number of Topliss-reactive ketones (excluding diaryl/α,β-unsaturated/α-hetero) is 1. The van der Waals surface area contributed by atoms with Crippen LogP contribution in [-0.4, -0.2) is 38.5 Å². The minimum absolute atomic E-state index is 0.0256. The maximum atomic E-state index is 11.6. The van der Waals surface area contributed by atoms with Gasteiger partial charge in [-0.2, -0.15) is 0 Å². The molecule has 2 N–H and O–H groups in total. The summed E-state index contributed by atoms with van der Waals surface area (Å²) in [7, 11) is 0. The molecular weight excluding hydrogens is 310 g/mol. The molecule has 2 aromatic carbocycles. The summed E-state index contributed by atoms with van der Waals surface area (Å²) in [5, 5.41) is 0.769. The van der Waals surface area contributed by atoms with Crippen molar-refractivity contribution in [2.75, 3.05) is 42.5 Å². The van der Waals surface area contributed by atoms with Crippen molar-refractivity contribution in [3.63, 3.8) is 0 Å². The Morgan fingerprint density at radius 3 is 2.13 bits per heavy atom. The van der Waals surface area contributed by atoms with Gasteiger partial charge in [-0.25, -0.2) is 0 Å². The average molecular weight is 330 g/mol. The van der Waals surface area contributed by atoms with Crippen LogP contribution in [0.1, 0.15) is 10.4 Å². The summed E-state index contributed by atoms with van der Waals surface area (Å²) in [5.41, 5.74) is 8.38. The predicted octanol–water partition coefficient (Wildman–Crippen LogP) is 2.81. The number of benzene rings is 2. The molecule has 0 bridgehead atoms. The van der Waals surface area contributed by atoms with E-state index < -0.39 is 0 Å². The molecule has 1 fully saturated rings. The highest BCUT2D eigenvalue weighted by molar-refractivity contribution is 6.30. The molecule has 0 unspecified atom stereocenters. The molecule has 0 atom stereocenters. The van der Waals surface area contributed by atoms with Gasteiger partial charge in [0.2, 0.25) is 0 Å². The SMILES string of the molecule is NCC(=O)c1ccc(N2CCN(c3cccc(Cl)c3)CC2)cc1. The number of nitrogens with zero attached hydrogens (tertiary/aromatic N) is 2. The molecule has 23 heavy (non-hydrogen) atoms. The lowest BCUT2D eigenvalue weighted by molar-refractivity contribution is 0.100. The lowest BCUT2D eigenvalue weighted by Crippen LogP contribution is -2.46. The fraction of sp³-hybridized carbons (Fsp3) is 0.278. The third kappa shape index (κ3) is 3.66. The van der Waals surface area contributed by atoms with Crippen molar-refractivity contribution < 1.29 is 4.79 Å². The van der Waals surface area contributed by atoms with Gasteiger partial charge in [-0.15, -0.1) is 0 Å². The average Bonchev–Trinajstić information content (AvgIpc) is 2.61. The van der Waals surface area contributed by atoms with Crippen LogP contribution in [0.15, 0.2) is 48.5 Å². The first-order valence-electron chi connectivity index (χ1n) is 7.76. The van der Waals surface area contributed by atoms with Crippen molar-refractivity contribution in [1.29, 1.82) is 0 Å². The lowest BCUT2D eigenvalue weighted by Gasteiger charge is -2.37. The van der Waals surface area contributed by atoms with Crippen LogP contribution in [0, 0.1) is 0 Å². The van der Waals surface area contributed by atoms with Crippen molar-refractivity contribution in [2.45, 2.75) is 0 Å². The molecule has 0 radical (unpaired) electrons. The first-order chi connectivity index (χ1) is 11.2. The predicted molar refractivity (Wildman–Crippen MR) is 95.7 cm³/mol. The van der Waals surface area contributed by atoms with E-state index in [1.807, 2.05) is 42.5 Å². The molecule has 4 nitrogen and oxygen atoms in total. The molecule has 2 aromatic rings. The van der Waals surface area contributed by atoms with E-state index in [1.165, 1.54) is 5.69 Å². The van der Waals surface area contributed by atoms with E-state index in [9.17, 15) is 4.79 Å². The van der Waals surface area contributed by atoms with Crippen LogP contribution in [0.5, 0.6) is 0 Å². The van der Waals surface area contributed by atoms with E-state index in [0.29, 0.717) is 5.56 Å². The zero-order valence-corrected chi connectivity index (χ0v) is 13.7. The molecule has 1 saturated heterocycles. The number of hydrogen-bond donors (Lipinski definition) is 1. The molecule has 1 aliphatic heterocycles. The number of carbonyl (C=O) groups is 1. The van der Waals surface area contributed by atoms with Crippen molar-refractivity contribution in [3.8, 4) is 0 Å². The second-order valence-corrected chi connectivity index (χ2v) is 6.06. The molecule has 0 amide bonds. The van der Waals surface area contributed by atoms with Crippen LogP contribution >= 0.6 is 11.6 Å². The largest absolute Gasteiger partial charge is 0.368 e. The Morgan fingerprint density at radius 2 is 1.57 bits per heavy atom. The number of carbonyl (C=O) groups excluding carboxylic acids is 1. The summed E-state index contributed by atoms with van der Waals surface area (Å²) in [4.78, 5) is 16.2.